The monoisotopic (exact) mass is 483 g/mol. The third-order valence-corrected chi connectivity index (χ3v) is 5.33. The summed E-state index contributed by atoms with van der Waals surface area (Å²) in [7, 11) is 0. The van der Waals surface area contributed by atoms with Gasteiger partial charge in [-0.25, -0.2) is 4.98 Å². The predicted molar refractivity (Wildman–Crippen MR) is 129 cm³/mol. The number of benzene rings is 2. The minimum atomic E-state index is -0.200. The Bertz CT molecular complexity index is 1170. The van der Waals surface area contributed by atoms with E-state index in [1.807, 2.05) is 44.2 Å². The van der Waals surface area contributed by atoms with E-state index in [0.717, 1.165) is 16.5 Å². The normalized spacial score (nSPS) is 12.3. The molecule has 0 saturated heterocycles. The molecular formula is C24H26BrN3O3. The number of nitrogens with zero attached hydrogens (tertiary/aromatic N) is 3. The highest BCUT2D eigenvalue weighted by molar-refractivity contribution is 9.10. The molecule has 0 amide bonds. The van der Waals surface area contributed by atoms with Gasteiger partial charge in [-0.15, -0.1) is 0 Å². The van der Waals surface area contributed by atoms with Gasteiger partial charge in [0.25, 0.3) is 5.56 Å². The summed E-state index contributed by atoms with van der Waals surface area (Å²) in [6, 6.07) is 11.0. The molecule has 1 heterocycles. The summed E-state index contributed by atoms with van der Waals surface area (Å²) in [5.41, 5.74) is 1.25. The molecule has 0 bridgehead atoms. The maximum Gasteiger partial charge on any atom is 0.282 e. The zero-order chi connectivity index (χ0) is 22.4. The standard InChI is InChI=1S/C24H26BrN3O3/c1-5-12-31-21-11-8-17(13-22(21)30-7-3)15-26-28-23(16(4)6-2)27-20-10-9-18(25)14-19(20)24(28)29/h5,8-11,13-16H,1,6-7,12H2,2-4H3/t16-/m1/s1. The summed E-state index contributed by atoms with van der Waals surface area (Å²) in [5, 5.41) is 5.02. The Kier molecular flexibility index (Phi) is 7.63. The first-order valence-corrected chi connectivity index (χ1v) is 11.0. The Morgan fingerprint density at radius 3 is 2.71 bits per heavy atom. The lowest BCUT2D eigenvalue weighted by molar-refractivity contribution is 0.297. The van der Waals surface area contributed by atoms with E-state index in [4.69, 9.17) is 14.5 Å². The number of hydrogen-bond donors (Lipinski definition) is 0. The second kappa shape index (κ2) is 10.4. The number of aromatic nitrogens is 2. The van der Waals surface area contributed by atoms with Gasteiger partial charge in [0, 0.05) is 10.4 Å². The minimum absolute atomic E-state index is 0.0755. The molecule has 7 heteroatoms. The lowest BCUT2D eigenvalue weighted by Crippen LogP contribution is -2.23. The molecule has 31 heavy (non-hydrogen) atoms. The lowest BCUT2D eigenvalue weighted by atomic mass is 10.1. The van der Waals surface area contributed by atoms with Crippen molar-refractivity contribution in [3.8, 4) is 11.5 Å². The van der Waals surface area contributed by atoms with E-state index in [0.29, 0.717) is 41.4 Å². The maximum atomic E-state index is 13.2. The average Bonchev–Trinajstić information content (AvgIpc) is 2.77. The Hall–Kier alpha value is -2.93. The van der Waals surface area contributed by atoms with Crippen molar-refractivity contribution in [1.82, 2.24) is 9.66 Å². The van der Waals surface area contributed by atoms with Crippen molar-refractivity contribution in [3.63, 3.8) is 0 Å². The molecule has 3 aromatic rings. The van der Waals surface area contributed by atoms with Crippen LogP contribution in [0.15, 0.2) is 63.4 Å². The molecule has 3 rings (SSSR count). The molecule has 162 valence electrons. The van der Waals surface area contributed by atoms with Crippen LogP contribution in [0.25, 0.3) is 10.9 Å². The van der Waals surface area contributed by atoms with Crippen LogP contribution in [0.2, 0.25) is 0 Å². The van der Waals surface area contributed by atoms with Gasteiger partial charge in [0.15, 0.2) is 11.5 Å². The molecule has 0 radical (unpaired) electrons. The summed E-state index contributed by atoms with van der Waals surface area (Å²) in [4.78, 5) is 17.9. The largest absolute Gasteiger partial charge is 0.490 e. The zero-order valence-electron chi connectivity index (χ0n) is 18.0. The van der Waals surface area contributed by atoms with E-state index in [-0.39, 0.29) is 11.5 Å². The van der Waals surface area contributed by atoms with Gasteiger partial charge in [0.1, 0.15) is 12.4 Å². The quantitative estimate of drug-likeness (QED) is 0.297. The first-order chi connectivity index (χ1) is 15.0. The smallest absolute Gasteiger partial charge is 0.282 e. The molecule has 2 aromatic carbocycles. The van der Waals surface area contributed by atoms with E-state index in [1.165, 1.54) is 4.68 Å². The van der Waals surface area contributed by atoms with Crippen LogP contribution in [0.1, 0.15) is 44.5 Å². The van der Waals surface area contributed by atoms with Gasteiger partial charge in [-0.2, -0.15) is 9.78 Å². The first-order valence-electron chi connectivity index (χ1n) is 10.3. The molecule has 1 aromatic heterocycles. The third kappa shape index (κ3) is 5.22. The number of halogens is 1. The Balaban J connectivity index is 2.07. The van der Waals surface area contributed by atoms with Crippen molar-refractivity contribution in [1.29, 1.82) is 0 Å². The highest BCUT2D eigenvalue weighted by Crippen LogP contribution is 2.28. The molecule has 1 atom stereocenters. The van der Waals surface area contributed by atoms with Crippen molar-refractivity contribution in [2.24, 2.45) is 5.10 Å². The number of hydrogen-bond acceptors (Lipinski definition) is 5. The van der Waals surface area contributed by atoms with Crippen LogP contribution in [0, 0.1) is 0 Å². The second-order valence-corrected chi connectivity index (χ2v) is 7.96. The third-order valence-electron chi connectivity index (χ3n) is 4.83. The summed E-state index contributed by atoms with van der Waals surface area (Å²) < 4.78 is 13.6. The van der Waals surface area contributed by atoms with Crippen LogP contribution in [-0.4, -0.2) is 29.1 Å². The van der Waals surface area contributed by atoms with Gasteiger partial charge < -0.3 is 9.47 Å². The topological polar surface area (TPSA) is 65.7 Å². The van der Waals surface area contributed by atoms with Gasteiger partial charge in [-0.05, 0) is 55.3 Å². The number of ether oxygens (including phenoxy) is 2. The van der Waals surface area contributed by atoms with Crippen LogP contribution in [0.3, 0.4) is 0 Å². The predicted octanol–water partition coefficient (Wildman–Crippen LogP) is 5.52. The number of rotatable bonds is 9. The molecule has 0 saturated carbocycles. The summed E-state index contributed by atoms with van der Waals surface area (Å²) in [6.45, 7) is 10.6. The van der Waals surface area contributed by atoms with E-state index in [1.54, 1.807) is 18.4 Å². The van der Waals surface area contributed by atoms with Crippen molar-refractivity contribution in [3.05, 3.63) is 75.3 Å². The van der Waals surface area contributed by atoms with Crippen LogP contribution >= 0.6 is 15.9 Å². The lowest BCUT2D eigenvalue weighted by Gasteiger charge is -2.14. The molecule has 6 nitrogen and oxygen atoms in total. The fraction of sp³-hybridized carbons (Fsp3) is 0.292. The van der Waals surface area contributed by atoms with Gasteiger partial charge in [-0.3, -0.25) is 4.79 Å². The second-order valence-electron chi connectivity index (χ2n) is 7.04. The summed E-state index contributed by atoms with van der Waals surface area (Å²) in [5.74, 6) is 1.96. The highest BCUT2D eigenvalue weighted by atomic mass is 79.9. The summed E-state index contributed by atoms with van der Waals surface area (Å²) in [6.07, 6.45) is 4.16. The Morgan fingerprint density at radius 1 is 1.19 bits per heavy atom. The average molecular weight is 484 g/mol. The van der Waals surface area contributed by atoms with Gasteiger partial charge >= 0.3 is 0 Å². The maximum absolute atomic E-state index is 13.2. The van der Waals surface area contributed by atoms with Crippen LogP contribution in [0.5, 0.6) is 11.5 Å². The van der Waals surface area contributed by atoms with Crippen LogP contribution in [0.4, 0.5) is 0 Å². The summed E-state index contributed by atoms with van der Waals surface area (Å²) >= 11 is 3.43. The van der Waals surface area contributed by atoms with Crippen LogP contribution in [-0.2, 0) is 0 Å². The Labute approximate surface area is 190 Å². The molecule has 0 fully saturated rings. The first kappa shape index (κ1) is 22.7. The van der Waals surface area contributed by atoms with E-state index < -0.39 is 0 Å². The fourth-order valence-corrected chi connectivity index (χ4v) is 3.41. The van der Waals surface area contributed by atoms with E-state index in [2.05, 4.69) is 34.5 Å². The van der Waals surface area contributed by atoms with Crippen LogP contribution < -0.4 is 15.0 Å². The van der Waals surface area contributed by atoms with E-state index >= 15 is 0 Å². The molecule has 0 aliphatic rings. The highest BCUT2D eigenvalue weighted by Gasteiger charge is 2.15. The molecule has 0 aliphatic heterocycles. The van der Waals surface area contributed by atoms with Gasteiger partial charge in [0.2, 0.25) is 0 Å². The minimum Gasteiger partial charge on any atom is -0.490 e. The van der Waals surface area contributed by atoms with E-state index in [9.17, 15) is 4.79 Å². The SMILES string of the molecule is C=CCOc1ccc(C=Nn2c([C@H](C)CC)nc3ccc(Br)cc3c2=O)cc1OCC. The van der Waals surface area contributed by atoms with Gasteiger partial charge in [0.05, 0.1) is 23.7 Å². The van der Waals surface area contributed by atoms with Crippen molar-refractivity contribution in [2.45, 2.75) is 33.1 Å². The Morgan fingerprint density at radius 2 is 2.00 bits per heavy atom. The van der Waals surface area contributed by atoms with Gasteiger partial charge in [-0.1, -0.05) is 42.4 Å². The van der Waals surface area contributed by atoms with Crippen molar-refractivity contribution < 1.29 is 9.47 Å². The molecule has 0 spiro atoms. The molecular weight excluding hydrogens is 458 g/mol. The number of fused-ring (bicyclic) bond motifs is 1. The fourth-order valence-electron chi connectivity index (χ4n) is 3.04. The van der Waals surface area contributed by atoms with Crippen molar-refractivity contribution in [2.75, 3.05) is 13.2 Å². The van der Waals surface area contributed by atoms with Crippen molar-refractivity contribution >= 4 is 33.0 Å². The molecule has 0 N–H and O–H groups in total. The molecule has 0 unspecified atom stereocenters. The zero-order valence-corrected chi connectivity index (χ0v) is 19.6. The molecule has 0 aliphatic carbocycles.